The second-order valence-corrected chi connectivity index (χ2v) is 4.57. The standard InChI is InChI=1S/C8H7N2O5P/c11-8(12)6-7(16(13,14)15)10-4-2-1-3-5(10)9-6/h1-4H,(H,11,12)(H2,13,14,15). The van der Waals surface area contributed by atoms with Gasteiger partial charge in [0.25, 0.3) is 0 Å². The fourth-order valence-electron chi connectivity index (χ4n) is 1.40. The number of hydrogen-bond acceptors (Lipinski definition) is 3. The molecular formula is C8H7N2O5P. The lowest BCUT2D eigenvalue weighted by Gasteiger charge is -2.03. The van der Waals surface area contributed by atoms with Crippen molar-refractivity contribution in [2.75, 3.05) is 0 Å². The number of rotatable bonds is 2. The molecule has 84 valence electrons. The van der Waals surface area contributed by atoms with Gasteiger partial charge in [-0.2, -0.15) is 0 Å². The maximum atomic E-state index is 11.2. The van der Waals surface area contributed by atoms with E-state index < -0.39 is 24.7 Å². The van der Waals surface area contributed by atoms with E-state index in [2.05, 4.69) is 4.98 Å². The van der Waals surface area contributed by atoms with Crippen LogP contribution in [0.15, 0.2) is 24.4 Å². The van der Waals surface area contributed by atoms with Crippen molar-refractivity contribution >= 4 is 24.6 Å². The summed E-state index contributed by atoms with van der Waals surface area (Å²) in [5.74, 6) is -1.47. The van der Waals surface area contributed by atoms with Crippen LogP contribution in [0.5, 0.6) is 0 Å². The Morgan fingerprint density at radius 3 is 2.62 bits per heavy atom. The number of carboxylic acid groups (broad SMARTS) is 1. The number of pyridine rings is 1. The molecule has 0 fully saturated rings. The Bertz CT molecular complexity index is 614. The Kier molecular flexibility index (Phi) is 2.31. The molecule has 2 rings (SSSR count). The number of aromatic carboxylic acids is 1. The predicted octanol–water partition coefficient (Wildman–Crippen LogP) is -0.165. The van der Waals surface area contributed by atoms with Gasteiger partial charge in [0.05, 0.1) is 0 Å². The zero-order valence-corrected chi connectivity index (χ0v) is 8.70. The monoisotopic (exact) mass is 242 g/mol. The van der Waals surface area contributed by atoms with E-state index in [0.29, 0.717) is 0 Å². The molecule has 0 aliphatic rings. The Hall–Kier alpha value is -1.69. The quantitative estimate of drug-likeness (QED) is 0.630. The number of carbonyl (C=O) groups is 1. The van der Waals surface area contributed by atoms with Gasteiger partial charge >= 0.3 is 13.6 Å². The van der Waals surface area contributed by atoms with Crippen LogP contribution in [-0.2, 0) is 4.57 Å². The van der Waals surface area contributed by atoms with Crippen molar-refractivity contribution in [3.63, 3.8) is 0 Å². The minimum absolute atomic E-state index is 0.179. The molecule has 2 heterocycles. The highest BCUT2D eigenvalue weighted by Gasteiger charge is 2.31. The third-order valence-corrected chi connectivity index (χ3v) is 2.96. The first-order valence-electron chi connectivity index (χ1n) is 4.18. The first-order valence-corrected chi connectivity index (χ1v) is 5.79. The van der Waals surface area contributed by atoms with Crippen molar-refractivity contribution in [3.8, 4) is 0 Å². The SMILES string of the molecule is O=C(O)c1nc2ccccn2c1P(=O)(O)O. The van der Waals surface area contributed by atoms with Crippen LogP contribution in [-0.4, -0.2) is 30.2 Å². The number of fused-ring (bicyclic) bond motifs is 1. The molecule has 0 aliphatic heterocycles. The van der Waals surface area contributed by atoms with Gasteiger partial charge in [0, 0.05) is 6.20 Å². The summed E-state index contributed by atoms with van der Waals surface area (Å²) in [5, 5.41) is 8.81. The molecule has 3 N–H and O–H groups in total. The van der Waals surface area contributed by atoms with Crippen LogP contribution in [0.2, 0.25) is 0 Å². The van der Waals surface area contributed by atoms with E-state index in [-0.39, 0.29) is 5.65 Å². The number of hydrogen-bond donors (Lipinski definition) is 3. The zero-order valence-electron chi connectivity index (χ0n) is 7.81. The van der Waals surface area contributed by atoms with Crippen molar-refractivity contribution in [1.82, 2.24) is 9.38 Å². The second kappa shape index (κ2) is 3.41. The van der Waals surface area contributed by atoms with Gasteiger partial charge in [-0.25, -0.2) is 9.78 Å². The summed E-state index contributed by atoms with van der Waals surface area (Å²) in [5.41, 5.74) is -1.05. The fraction of sp³-hybridized carbons (Fsp3) is 0. The van der Waals surface area contributed by atoms with Gasteiger partial charge in [-0.05, 0) is 12.1 Å². The van der Waals surface area contributed by atoms with Crippen molar-refractivity contribution in [3.05, 3.63) is 30.1 Å². The van der Waals surface area contributed by atoms with E-state index in [1.165, 1.54) is 18.3 Å². The number of carboxylic acids is 1. The molecule has 2 aromatic rings. The molecule has 0 unspecified atom stereocenters. The molecule has 0 radical (unpaired) electrons. The first kappa shape index (κ1) is 10.8. The van der Waals surface area contributed by atoms with E-state index in [1.807, 2.05) is 0 Å². The molecular weight excluding hydrogens is 235 g/mol. The summed E-state index contributed by atoms with van der Waals surface area (Å²) < 4.78 is 12.3. The Balaban J connectivity index is 2.91. The van der Waals surface area contributed by atoms with Crippen LogP contribution in [0.3, 0.4) is 0 Å². The summed E-state index contributed by atoms with van der Waals surface area (Å²) >= 11 is 0. The average Bonchev–Trinajstić information content (AvgIpc) is 2.55. The van der Waals surface area contributed by atoms with E-state index in [9.17, 15) is 9.36 Å². The smallest absolute Gasteiger partial charge is 0.375 e. The largest absolute Gasteiger partial charge is 0.476 e. The van der Waals surface area contributed by atoms with Crippen molar-refractivity contribution in [2.24, 2.45) is 0 Å². The Morgan fingerprint density at radius 1 is 1.38 bits per heavy atom. The fourth-order valence-corrected chi connectivity index (χ4v) is 2.28. The van der Waals surface area contributed by atoms with Crippen molar-refractivity contribution in [2.45, 2.75) is 0 Å². The molecule has 0 aromatic carbocycles. The second-order valence-electron chi connectivity index (χ2n) is 3.06. The normalized spacial score (nSPS) is 11.9. The van der Waals surface area contributed by atoms with E-state index >= 15 is 0 Å². The lowest BCUT2D eigenvalue weighted by molar-refractivity contribution is 0.0692. The Labute approximate surface area is 89.1 Å². The molecule has 16 heavy (non-hydrogen) atoms. The molecule has 0 atom stereocenters. The molecule has 0 amide bonds. The van der Waals surface area contributed by atoms with Gasteiger partial charge < -0.3 is 14.9 Å². The van der Waals surface area contributed by atoms with Crippen LogP contribution in [0, 0.1) is 0 Å². The molecule has 2 aromatic heterocycles. The molecule has 0 saturated heterocycles. The number of nitrogens with zero attached hydrogens (tertiary/aromatic N) is 2. The average molecular weight is 242 g/mol. The third kappa shape index (κ3) is 1.61. The minimum atomic E-state index is -4.69. The predicted molar refractivity (Wildman–Crippen MR) is 53.8 cm³/mol. The van der Waals surface area contributed by atoms with E-state index in [0.717, 1.165) is 4.40 Å². The molecule has 0 aliphatic carbocycles. The van der Waals surface area contributed by atoms with Crippen molar-refractivity contribution in [1.29, 1.82) is 0 Å². The van der Waals surface area contributed by atoms with E-state index in [4.69, 9.17) is 14.9 Å². The van der Waals surface area contributed by atoms with E-state index in [1.54, 1.807) is 6.07 Å². The molecule has 7 nitrogen and oxygen atoms in total. The highest BCUT2D eigenvalue weighted by molar-refractivity contribution is 7.60. The zero-order chi connectivity index (χ0) is 11.9. The van der Waals surface area contributed by atoms with Gasteiger partial charge in [0.2, 0.25) is 0 Å². The topological polar surface area (TPSA) is 112 Å². The van der Waals surface area contributed by atoms with Crippen LogP contribution in [0.1, 0.15) is 10.5 Å². The van der Waals surface area contributed by atoms with Crippen LogP contribution in [0.25, 0.3) is 5.65 Å². The first-order chi connectivity index (χ1) is 7.41. The van der Waals surface area contributed by atoms with Gasteiger partial charge in [-0.15, -0.1) is 0 Å². The summed E-state index contributed by atoms with van der Waals surface area (Å²) in [4.78, 5) is 32.7. The van der Waals surface area contributed by atoms with Gasteiger partial charge in [-0.1, -0.05) is 6.07 Å². The van der Waals surface area contributed by atoms with Crippen LogP contribution in [0.4, 0.5) is 0 Å². The lowest BCUT2D eigenvalue weighted by atomic mass is 10.5. The minimum Gasteiger partial charge on any atom is -0.476 e. The number of aromatic nitrogens is 2. The third-order valence-electron chi connectivity index (χ3n) is 1.98. The maximum absolute atomic E-state index is 11.2. The molecule has 0 bridgehead atoms. The molecule has 0 spiro atoms. The summed E-state index contributed by atoms with van der Waals surface area (Å²) in [6.07, 6.45) is 1.35. The number of imidazole rings is 1. The van der Waals surface area contributed by atoms with Gasteiger partial charge in [0.15, 0.2) is 11.1 Å². The summed E-state index contributed by atoms with van der Waals surface area (Å²) in [6.45, 7) is 0. The highest BCUT2D eigenvalue weighted by atomic mass is 31.2. The maximum Gasteiger partial charge on any atom is 0.375 e. The van der Waals surface area contributed by atoms with Gasteiger partial charge in [0.1, 0.15) is 5.65 Å². The van der Waals surface area contributed by atoms with Crippen LogP contribution < -0.4 is 5.44 Å². The van der Waals surface area contributed by atoms with Crippen LogP contribution >= 0.6 is 7.60 Å². The summed E-state index contributed by atoms with van der Waals surface area (Å²) in [7, 11) is -4.69. The molecule has 0 saturated carbocycles. The summed E-state index contributed by atoms with van der Waals surface area (Å²) in [6, 6.07) is 4.59. The Morgan fingerprint density at radius 2 is 2.06 bits per heavy atom. The van der Waals surface area contributed by atoms with Crippen molar-refractivity contribution < 1.29 is 24.3 Å². The lowest BCUT2D eigenvalue weighted by Crippen LogP contribution is -2.18. The van der Waals surface area contributed by atoms with Gasteiger partial charge in [-0.3, -0.25) is 8.97 Å². The highest BCUT2D eigenvalue weighted by Crippen LogP contribution is 2.34. The molecule has 8 heteroatoms.